The third kappa shape index (κ3) is 2.90. The highest BCUT2D eigenvalue weighted by atomic mass is 79.9. The molecule has 4 heteroatoms. The number of aromatic nitrogens is 2. The number of nitrogens with one attached hydrogen (secondary N) is 1. The van der Waals surface area contributed by atoms with Gasteiger partial charge in [-0.1, -0.05) is 6.07 Å². The van der Waals surface area contributed by atoms with Crippen molar-refractivity contribution in [2.24, 2.45) is 0 Å². The van der Waals surface area contributed by atoms with Crippen molar-refractivity contribution in [1.29, 1.82) is 0 Å². The van der Waals surface area contributed by atoms with Gasteiger partial charge in [-0.05, 0) is 65.9 Å². The van der Waals surface area contributed by atoms with Crippen LogP contribution in [-0.2, 0) is 6.54 Å². The fourth-order valence-electron chi connectivity index (χ4n) is 2.32. The van der Waals surface area contributed by atoms with Gasteiger partial charge in [0.25, 0.3) is 0 Å². The van der Waals surface area contributed by atoms with E-state index in [9.17, 15) is 0 Å². The predicted molar refractivity (Wildman–Crippen MR) is 80.6 cm³/mol. The van der Waals surface area contributed by atoms with E-state index < -0.39 is 0 Å². The minimum atomic E-state index is 0.720. The Balaban J connectivity index is 1.85. The average molecular weight is 320 g/mol. The lowest BCUT2D eigenvalue weighted by Crippen LogP contribution is -2.15. The molecule has 19 heavy (non-hydrogen) atoms. The summed E-state index contributed by atoms with van der Waals surface area (Å²) in [6.07, 6.45) is 4.65. The van der Waals surface area contributed by atoms with Crippen molar-refractivity contribution in [3.8, 4) is 5.69 Å². The first-order chi connectivity index (χ1) is 9.13. The van der Waals surface area contributed by atoms with E-state index >= 15 is 0 Å². The van der Waals surface area contributed by atoms with Gasteiger partial charge in [-0.15, -0.1) is 0 Å². The Morgan fingerprint density at radius 1 is 1.37 bits per heavy atom. The van der Waals surface area contributed by atoms with Gasteiger partial charge < -0.3 is 5.32 Å². The van der Waals surface area contributed by atoms with Crippen molar-refractivity contribution in [3.63, 3.8) is 0 Å². The van der Waals surface area contributed by atoms with Crippen molar-refractivity contribution < 1.29 is 0 Å². The summed E-state index contributed by atoms with van der Waals surface area (Å²) >= 11 is 3.64. The van der Waals surface area contributed by atoms with E-state index in [1.807, 2.05) is 10.9 Å². The maximum atomic E-state index is 4.66. The van der Waals surface area contributed by atoms with Crippen LogP contribution in [0.3, 0.4) is 0 Å². The lowest BCUT2D eigenvalue weighted by Gasteiger charge is -2.10. The summed E-state index contributed by atoms with van der Waals surface area (Å²) in [5, 5.41) is 8.14. The largest absolute Gasteiger partial charge is 0.308 e. The van der Waals surface area contributed by atoms with Gasteiger partial charge in [0.15, 0.2) is 0 Å². The number of nitrogens with zero attached hydrogens (tertiary/aromatic N) is 2. The minimum absolute atomic E-state index is 0.720. The third-order valence-electron chi connectivity index (χ3n) is 3.42. The van der Waals surface area contributed by atoms with Gasteiger partial charge in [0, 0.05) is 23.3 Å². The van der Waals surface area contributed by atoms with Gasteiger partial charge in [0.1, 0.15) is 0 Å². The lowest BCUT2D eigenvalue weighted by atomic mass is 10.1. The normalized spacial score (nSPS) is 14.9. The van der Waals surface area contributed by atoms with Crippen LogP contribution in [0.5, 0.6) is 0 Å². The number of hydrogen-bond donors (Lipinski definition) is 1. The smallest absolute Gasteiger partial charge is 0.0816 e. The molecule has 3 rings (SSSR count). The van der Waals surface area contributed by atoms with Gasteiger partial charge in [0.05, 0.1) is 11.4 Å². The molecule has 0 radical (unpaired) electrons. The molecule has 1 N–H and O–H groups in total. The van der Waals surface area contributed by atoms with Gasteiger partial charge >= 0.3 is 0 Å². The second-order valence-corrected chi connectivity index (χ2v) is 6.17. The molecule has 0 aliphatic heterocycles. The summed E-state index contributed by atoms with van der Waals surface area (Å²) in [4.78, 5) is 0. The fourth-order valence-corrected chi connectivity index (χ4v) is 3.17. The molecular formula is C15H18BrN3. The van der Waals surface area contributed by atoms with Crippen molar-refractivity contribution in [3.05, 3.63) is 45.7 Å². The number of aryl methyl sites for hydroxylation is 2. The van der Waals surface area contributed by atoms with Gasteiger partial charge in [-0.2, -0.15) is 5.10 Å². The molecule has 1 aromatic carbocycles. The Labute approximate surface area is 122 Å². The first-order valence-corrected chi connectivity index (χ1v) is 7.48. The number of halogens is 1. The van der Waals surface area contributed by atoms with Crippen LogP contribution in [-0.4, -0.2) is 15.8 Å². The molecule has 1 aliphatic rings. The molecule has 0 atom stereocenters. The highest BCUT2D eigenvalue weighted by Gasteiger charge is 2.20. The fraction of sp³-hybridized carbons (Fsp3) is 0.400. The zero-order chi connectivity index (χ0) is 13.4. The highest BCUT2D eigenvalue weighted by Crippen LogP contribution is 2.26. The Kier molecular flexibility index (Phi) is 3.46. The lowest BCUT2D eigenvalue weighted by molar-refractivity contribution is 0.664. The Morgan fingerprint density at radius 2 is 2.16 bits per heavy atom. The quantitative estimate of drug-likeness (QED) is 0.934. The molecular weight excluding hydrogens is 302 g/mol. The molecule has 0 unspecified atom stereocenters. The molecule has 1 heterocycles. The molecule has 0 saturated heterocycles. The second-order valence-electron chi connectivity index (χ2n) is 5.32. The molecule has 1 saturated carbocycles. The zero-order valence-corrected chi connectivity index (χ0v) is 12.9. The van der Waals surface area contributed by atoms with E-state index in [1.54, 1.807) is 0 Å². The van der Waals surface area contributed by atoms with E-state index in [-0.39, 0.29) is 0 Å². The second kappa shape index (κ2) is 5.10. The zero-order valence-electron chi connectivity index (χ0n) is 11.3. The molecule has 3 nitrogen and oxygen atoms in total. The van der Waals surface area contributed by atoms with Crippen molar-refractivity contribution in [2.75, 3.05) is 0 Å². The Bertz CT molecular complexity index is 576. The van der Waals surface area contributed by atoms with Crippen LogP contribution in [0, 0.1) is 13.8 Å². The Hall–Kier alpha value is -1.13. The standard InChI is InChI=1S/C15H18BrN3/c1-10-7-11(2)15(14(16)8-10)19-6-5-13(18-19)9-17-12-3-4-12/h5-8,12,17H,3-4,9H2,1-2H3. The summed E-state index contributed by atoms with van der Waals surface area (Å²) in [6.45, 7) is 5.09. The predicted octanol–water partition coefficient (Wildman–Crippen LogP) is 3.50. The van der Waals surface area contributed by atoms with Gasteiger partial charge in [-0.3, -0.25) is 0 Å². The van der Waals surface area contributed by atoms with Crippen LogP contribution < -0.4 is 5.32 Å². The van der Waals surface area contributed by atoms with Gasteiger partial charge in [-0.25, -0.2) is 4.68 Å². The summed E-state index contributed by atoms with van der Waals surface area (Å²) in [6, 6.07) is 7.12. The SMILES string of the molecule is Cc1cc(C)c(-n2ccc(CNC3CC3)n2)c(Br)c1. The molecule has 1 aliphatic carbocycles. The first kappa shape index (κ1) is 12.9. The topological polar surface area (TPSA) is 29.9 Å². The van der Waals surface area contributed by atoms with Crippen LogP contribution in [0.4, 0.5) is 0 Å². The highest BCUT2D eigenvalue weighted by molar-refractivity contribution is 9.10. The van der Waals surface area contributed by atoms with E-state index in [0.29, 0.717) is 0 Å². The Morgan fingerprint density at radius 3 is 2.84 bits per heavy atom. The molecule has 2 aromatic rings. The maximum absolute atomic E-state index is 4.66. The van der Waals surface area contributed by atoms with Crippen LogP contribution in [0.25, 0.3) is 5.69 Å². The maximum Gasteiger partial charge on any atom is 0.0816 e. The van der Waals surface area contributed by atoms with Crippen molar-refractivity contribution in [2.45, 2.75) is 39.3 Å². The van der Waals surface area contributed by atoms with Crippen molar-refractivity contribution in [1.82, 2.24) is 15.1 Å². The van der Waals surface area contributed by atoms with E-state index in [2.05, 4.69) is 58.4 Å². The monoisotopic (exact) mass is 319 g/mol. The first-order valence-electron chi connectivity index (χ1n) is 6.68. The summed E-state index contributed by atoms with van der Waals surface area (Å²) < 4.78 is 3.05. The van der Waals surface area contributed by atoms with Crippen LogP contribution in [0.15, 0.2) is 28.9 Å². The number of rotatable bonds is 4. The molecule has 0 amide bonds. The third-order valence-corrected chi connectivity index (χ3v) is 4.03. The minimum Gasteiger partial charge on any atom is -0.308 e. The summed E-state index contributed by atoms with van der Waals surface area (Å²) in [5.41, 5.74) is 4.72. The summed E-state index contributed by atoms with van der Waals surface area (Å²) in [7, 11) is 0. The average Bonchev–Trinajstić information content (AvgIpc) is 3.05. The molecule has 100 valence electrons. The van der Waals surface area contributed by atoms with Crippen molar-refractivity contribution >= 4 is 15.9 Å². The molecule has 0 bridgehead atoms. The molecule has 1 fully saturated rings. The van der Waals surface area contributed by atoms with Gasteiger partial charge in [0.2, 0.25) is 0 Å². The van der Waals surface area contributed by atoms with E-state index in [1.165, 1.54) is 24.0 Å². The van der Waals surface area contributed by atoms with Crippen LogP contribution in [0.2, 0.25) is 0 Å². The summed E-state index contributed by atoms with van der Waals surface area (Å²) in [5.74, 6) is 0. The van der Waals surface area contributed by atoms with Crippen LogP contribution in [0.1, 0.15) is 29.7 Å². The molecule has 0 spiro atoms. The van der Waals surface area contributed by atoms with Crippen LogP contribution >= 0.6 is 15.9 Å². The number of hydrogen-bond acceptors (Lipinski definition) is 2. The number of benzene rings is 1. The van der Waals surface area contributed by atoms with E-state index in [0.717, 1.165) is 28.4 Å². The molecule has 1 aromatic heterocycles. The van der Waals surface area contributed by atoms with E-state index in [4.69, 9.17) is 0 Å².